The molecular formula is C24H19NO4S. The molecule has 1 unspecified atom stereocenters. The van der Waals surface area contributed by atoms with Crippen molar-refractivity contribution in [3.05, 3.63) is 95.6 Å². The summed E-state index contributed by atoms with van der Waals surface area (Å²) in [6.45, 7) is -0.364. The first kappa shape index (κ1) is 19.9. The van der Waals surface area contributed by atoms with Gasteiger partial charge in [0.15, 0.2) is 6.61 Å². The van der Waals surface area contributed by atoms with Crippen LogP contribution in [0.15, 0.2) is 83.8 Å². The molecule has 1 aliphatic rings. The van der Waals surface area contributed by atoms with Gasteiger partial charge in [-0.25, -0.2) is 4.79 Å². The fourth-order valence-corrected chi connectivity index (χ4v) is 4.56. The molecule has 5 nitrogen and oxygen atoms in total. The quantitative estimate of drug-likeness (QED) is 0.451. The van der Waals surface area contributed by atoms with Gasteiger partial charge in [0, 0.05) is 16.2 Å². The molecule has 0 bridgehead atoms. The Morgan fingerprint density at radius 1 is 0.967 bits per heavy atom. The normalized spacial score (nSPS) is 15.2. The number of amides is 1. The summed E-state index contributed by atoms with van der Waals surface area (Å²) in [5.41, 5.74) is 2.61. The standard InChI is InChI=1S/C24H19NO4S/c26-14-17-10-12-19(13-11-17)24(28)29-15-23(27)25-20-8-4-5-9-22(20)30-16-21(25)18-6-2-1-3-7-18/h1-14,21H,15-16H2. The zero-order chi connectivity index (χ0) is 20.9. The molecule has 1 amide bonds. The Balaban J connectivity index is 1.54. The molecule has 0 fully saturated rings. The Bertz CT molecular complexity index is 1070. The number of hydrogen-bond donors (Lipinski definition) is 0. The molecule has 0 aliphatic carbocycles. The third-order valence-electron chi connectivity index (χ3n) is 4.90. The maximum Gasteiger partial charge on any atom is 0.338 e. The minimum atomic E-state index is -0.600. The van der Waals surface area contributed by atoms with Crippen molar-refractivity contribution in [3.8, 4) is 0 Å². The first-order valence-electron chi connectivity index (χ1n) is 9.48. The second-order valence-electron chi connectivity index (χ2n) is 6.78. The largest absolute Gasteiger partial charge is 0.452 e. The van der Waals surface area contributed by atoms with E-state index in [2.05, 4.69) is 0 Å². The summed E-state index contributed by atoms with van der Waals surface area (Å²) >= 11 is 1.71. The molecule has 1 atom stereocenters. The van der Waals surface area contributed by atoms with Crippen molar-refractivity contribution in [2.75, 3.05) is 17.3 Å². The number of esters is 1. The van der Waals surface area contributed by atoms with Gasteiger partial charge in [-0.2, -0.15) is 0 Å². The van der Waals surface area contributed by atoms with Gasteiger partial charge in [0.2, 0.25) is 0 Å². The summed E-state index contributed by atoms with van der Waals surface area (Å²) in [6, 6.07) is 23.5. The average Bonchev–Trinajstić information content (AvgIpc) is 2.82. The van der Waals surface area contributed by atoms with Crippen molar-refractivity contribution in [1.29, 1.82) is 0 Å². The molecule has 3 aromatic carbocycles. The zero-order valence-corrected chi connectivity index (χ0v) is 16.9. The van der Waals surface area contributed by atoms with Crippen LogP contribution in [0, 0.1) is 0 Å². The number of carbonyl (C=O) groups excluding carboxylic acids is 3. The maximum absolute atomic E-state index is 13.2. The Kier molecular flexibility index (Phi) is 5.95. The van der Waals surface area contributed by atoms with Crippen LogP contribution >= 0.6 is 11.8 Å². The summed E-state index contributed by atoms with van der Waals surface area (Å²) in [5.74, 6) is -0.167. The van der Waals surface area contributed by atoms with Crippen LogP contribution in [0.25, 0.3) is 0 Å². The number of thioether (sulfide) groups is 1. The van der Waals surface area contributed by atoms with E-state index in [1.54, 1.807) is 16.7 Å². The van der Waals surface area contributed by atoms with E-state index in [4.69, 9.17) is 4.74 Å². The van der Waals surface area contributed by atoms with E-state index in [0.29, 0.717) is 23.2 Å². The monoisotopic (exact) mass is 417 g/mol. The summed E-state index contributed by atoms with van der Waals surface area (Å²) in [4.78, 5) is 39.0. The lowest BCUT2D eigenvalue weighted by Gasteiger charge is -2.37. The summed E-state index contributed by atoms with van der Waals surface area (Å²) in [5, 5.41) is 0. The van der Waals surface area contributed by atoms with Gasteiger partial charge in [0.25, 0.3) is 5.91 Å². The van der Waals surface area contributed by atoms with Crippen molar-refractivity contribution in [2.45, 2.75) is 10.9 Å². The number of nitrogens with zero attached hydrogens (tertiary/aromatic N) is 1. The van der Waals surface area contributed by atoms with E-state index in [-0.39, 0.29) is 18.6 Å². The second kappa shape index (κ2) is 8.97. The number of fused-ring (bicyclic) bond motifs is 1. The van der Waals surface area contributed by atoms with E-state index in [1.165, 1.54) is 24.3 Å². The van der Waals surface area contributed by atoms with Gasteiger partial charge in [0.05, 0.1) is 17.3 Å². The molecule has 3 aromatic rings. The van der Waals surface area contributed by atoms with Crippen LogP contribution in [0.5, 0.6) is 0 Å². The molecule has 1 heterocycles. The lowest BCUT2D eigenvalue weighted by molar-refractivity contribution is -0.122. The first-order chi connectivity index (χ1) is 14.7. The van der Waals surface area contributed by atoms with Crippen molar-refractivity contribution in [2.24, 2.45) is 0 Å². The van der Waals surface area contributed by atoms with Gasteiger partial charge < -0.3 is 4.74 Å². The van der Waals surface area contributed by atoms with Gasteiger partial charge in [-0.05, 0) is 29.8 Å². The predicted molar refractivity (Wildman–Crippen MR) is 116 cm³/mol. The number of aldehydes is 1. The van der Waals surface area contributed by atoms with Gasteiger partial charge in [-0.3, -0.25) is 14.5 Å². The number of ether oxygens (including phenoxy) is 1. The molecular weight excluding hydrogens is 398 g/mol. The fraction of sp³-hybridized carbons (Fsp3) is 0.125. The SMILES string of the molecule is O=Cc1ccc(C(=O)OCC(=O)N2c3ccccc3SCC2c2ccccc2)cc1. The molecule has 30 heavy (non-hydrogen) atoms. The number of anilines is 1. The Morgan fingerprint density at radius 3 is 2.40 bits per heavy atom. The minimum absolute atomic E-state index is 0.149. The average molecular weight is 417 g/mol. The molecule has 0 spiro atoms. The summed E-state index contributed by atoms with van der Waals surface area (Å²) in [7, 11) is 0. The van der Waals surface area contributed by atoms with E-state index >= 15 is 0 Å². The van der Waals surface area contributed by atoms with Gasteiger partial charge in [-0.15, -0.1) is 11.8 Å². The van der Waals surface area contributed by atoms with Crippen LogP contribution in [0.1, 0.15) is 32.3 Å². The van der Waals surface area contributed by atoms with Crippen molar-refractivity contribution in [3.63, 3.8) is 0 Å². The molecule has 0 radical (unpaired) electrons. The van der Waals surface area contributed by atoms with Crippen molar-refractivity contribution >= 4 is 35.6 Å². The van der Waals surface area contributed by atoms with Gasteiger partial charge >= 0.3 is 5.97 Å². The smallest absolute Gasteiger partial charge is 0.338 e. The highest BCUT2D eigenvalue weighted by atomic mass is 32.2. The van der Waals surface area contributed by atoms with Crippen LogP contribution in [0.4, 0.5) is 5.69 Å². The summed E-state index contributed by atoms with van der Waals surface area (Å²) in [6.07, 6.45) is 0.703. The molecule has 0 aromatic heterocycles. The second-order valence-corrected chi connectivity index (χ2v) is 7.85. The van der Waals surface area contributed by atoms with E-state index in [9.17, 15) is 14.4 Å². The van der Waals surface area contributed by atoms with Gasteiger partial charge in [-0.1, -0.05) is 54.6 Å². The van der Waals surface area contributed by atoms with E-state index in [0.717, 1.165) is 16.1 Å². The lowest BCUT2D eigenvalue weighted by atomic mass is 10.1. The summed E-state index contributed by atoms with van der Waals surface area (Å²) < 4.78 is 5.29. The molecule has 4 rings (SSSR count). The first-order valence-corrected chi connectivity index (χ1v) is 10.5. The number of para-hydroxylation sites is 1. The number of rotatable bonds is 5. The third kappa shape index (κ3) is 4.14. The molecule has 0 saturated heterocycles. The van der Waals surface area contributed by atoms with Crippen LogP contribution in [0.3, 0.4) is 0 Å². The maximum atomic E-state index is 13.2. The Labute approximate surface area is 178 Å². The number of benzene rings is 3. The fourth-order valence-electron chi connectivity index (χ4n) is 3.40. The lowest BCUT2D eigenvalue weighted by Crippen LogP contribution is -2.41. The predicted octanol–water partition coefficient (Wildman–Crippen LogP) is 4.54. The molecule has 0 saturated carbocycles. The van der Waals surface area contributed by atoms with Crippen molar-refractivity contribution < 1.29 is 19.1 Å². The molecule has 150 valence electrons. The highest BCUT2D eigenvalue weighted by Gasteiger charge is 2.32. The van der Waals surface area contributed by atoms with E-state index in [1.807, 2.05) is 54.6 Å². The Morgan fingerprint density at radius 2 is 1.67 bits per heavy atom. The highest BCUT2D eigenvalue weighted by Crippen LogP contribution is 2.43. The van der Waals surface area contributed by atoms with Crippen molar-refractivity contribution in [1.82, 2.24) is 0 Å². The topological polar surface area (TPSA) is 63.7 Å². The number of carbonyl (C=O) groups is 3. The molecule has 6 heteroatoms. The molecule has 0 N–H and O–H groups in total. The molecule has 1 aliphatic heterocycles. The van der Waals surface area contributed by atoms with Crippen LogP contribution in [-0.4, -0.2) is 30.5 Å². The zero-order valence-electron chi connectivity index (χ0n) is 16.1. The highest BCUT2D eigenvalue weighted by molar-refractivity contribution is 7.99. The van der Waals surface area contributed by atoms with E-state index < -0.39 is 5.97 Å². The third-order valence-corrected chi connectivity index (χ3v) is 6.03. The van der Waals surface area contributed by atoms with Crippen LogP contribution < -0.4 is 4.90 Å². The minimum Gasteiger partial charge on any atom is -0.452 e. The van der Waals surface area contributed by atoms with Crippen LogP contribution in [0.2, 0.25) is 0 Å². The Hall–Kier alpha value is -3.38. The van der Waals surface area contributed by atoms with Gasteiger partial charge in [0.1, 0.15) is 6.29 Å². The van der Waals surface area contributed by atoms with Crippen LogP contribution in [-0.2, 0) is 9.53 Å². The number of hydrogen-bond acceptors (Lipinski definition) is 5.